The molecular formula is C11H19NO2. The molecule has 2 unspecified atom stereocenters. The largest absolute Gasteiger partial charge is 0.480 e. The van der Waals surface area contributed by atoms with Crippen molar-refractivity contribution in [1.29, 1.82) is 0 Å². The molecule has 0 bridgehead atoms. The third-order valence-corrected chi connectivity index (χ3v) is 2.66. The van der Waals surface area contributed by atoms with E-state index >= 15 is 0 Å². The third-order valence-electron chi connectivity index (χ3n) is 2.66. The van der Waals surface area contributed by atoms with Gasteiger partial charge in [-0.3, -0.25) is 4.79 Å². The summed E-state index contributed by atoms with van der Waals surface area (Å²) >= 11 is 0. The molecule has 1 aliphatic rings. The maximum absolute atomic E-state index is 11.0. The SMILES string of the molecule is CCCNC(C(=O)O)C1CC=CCC1. The first kappa shape index (κ1) is 11.2. The van der Waals surface area contributed by atoms with Gasteiger partial charge in [-0.25, -0.2) is 0 Å². The molecule has 0 aromatic heterocycles. The van der Waals surface area contributed by atoms with Crippen LogP contribution >= 0.6 is 0 Å². The summed E-state index contributed by atoms with van der Waals surface area (Å²) in [5, 5.41) is 12.2. The van der Waals surface area contributed by atoms with E-state index in [1.165, 1.54) is 0 Å². The molecule has 3 heteroatoms. The topological polar surface area (TPSA) is 49.3 Å². The Kier molecular flexibility index (Phi) is 4.66. The second-order valence-electron chi connectivity index (χ2n) is 3.81. The van der Waals surface area contributed by atoms with E-state index in [1.807, 2.05) is 6.92 Å². The number of carboxylic acids is 1. The van der Waals surface area contributed by atoms with Crippen LogP contribution in [0.5, 0.6) is 0 Å². The Morgan fingerprint density at radius 2 is 2.43 bits per heavy atom. The molecule has 0 radical (unpaired) electrons. The van der Waals surface area contributed by atoms with Crippen molar-refractivity contribution in [3.05, 3.63) is 12.2 Å². The molecule has 0 aromatic carbocycles. The third kappa shape index (κ3) is 3.14. The summed E-state index contributed by atoms with van der Waals surface area (Å²) in [6.07, 6.45) is 8.11. The Hall–Kier alpha value is -0.830. The number of carboxylic acid groups (broad SMARTS) is 1. The van der Waals surface area contributed by atoms with E-state index in [9.17, 15) is 4.79 Å². The molecule has 2 N–H and O–H groups in total. The van der Waals surface area contributed by atoms with Crippen LogP contribution in [0.2, 0.25) is 0 Å². The average Bonchev–Trinajstić information content (AvgIpc) is 2.19. The maximum atomic E-state index is 11.0. The summed E-state index contributed by atoms with van der Waals surface area (Å²) in [5.74, 6) is -0.442. The van der Waals surface area contributed by atoms with E-state index in [-0.39, 0.29) is 12.0 Å². The van der Waals surface area contributed by atoms with Gasteiger partial charge in [-0.15, -0.1) is 0 Å². The maximum Gasteiger partial charge on any atom is 0.320 e. The predicted octanol–water partition coefficient (Wildman–Crippen LogP) is 1.80. The Bertz CT molecular complexity index is 213. The normalized spacial score (nSPS) is 23.4. The van der Waals surface area contributed by atoms with Crippen molar-refractivity contribution in [2.45, 2.75) is 38.6 Å². The average molecular weight is 197 g/mol. The van der Waals surface area contributed by atoms with Crippen LogP contribution in [0.1, 0.15) is 32.6 Å². The number of nitrogens with one attached hydrogen (secondary N) is 1. The van der Waals surface area contributed by atoms with Gasteiger partial charge in [-0.2, -0.15) is 0 Å². The number of carbonyl (C=O) groups is 1. The molecule has 0 aliphatic heterocycles. The molecule has 1 rings (SSSR count). The summed E-state index contributed by atoms with van der Waals surface area (Å²) in [7, 11) is 0. The molecule has 0 saturated heterocycles. The second kappa shape index (κ2) is 5.81. The highest BCUT2D eigenvalue weighted by atomic mass is 16.4. The zero-order valence-corrected chi connectivity index (χ0v) is 8.70. The smallest absolute Gasteiger partial charge is 0.320 e. The minimum atomic E-state index is -0.709. The van der Waals surface area contributed by atoms with Gasteiger partial charge in [-0.05, 0) is 38.1 Å². The van der Waals surface area contributed by atoms with Gasteiger partial charge in [0.05, 0.1) is 0 Å². The number of aliphatic carboxylic acids is 1. The van der Waals surface area contributed by atoms with Gasteiger partial charge in [0.2, 0.25) is 0 Å². The zero-order valence-electron chi connectivity index (χ0n) is 8.70. The van der Waals surface area contributed by atoms with Gasteiger partial charge in [0.15, 0.2) is 0 Å². The Balaban J connectivity index is 2.48. The Morgan fingerprint density at radius 3 is 2.93 bits per heavy atom. The number of allylic oxidation sites excluding steroid dienone is 2. The molecule has 1 aliphatic carbocycles. The summed E-state index contributed by atoms with van der Waals surface area (Å²) in [6.45, 7) is 2.84. The fraction of sp³-hybridized carbons (Fsp3) is 0.727. The number of hydrogen-bond acceptors (Lipinski definition) is 2. The van der Waals surface area contributed by atoms with Crippen molar-refractivity contribution in [3.63, 3.8) is 0 Å². The van der Waals surface area contributed by atoms with Crippen molar-refractivity contribution in [1.82, 2.24) is 5.32 Å². The molecule has 0 spiro atoms. The zero-order chi connectivity index (χ0) is 10.4. The molecular weight excluding hydrogens is 178 g/mol. The van der Waals surface area contributed by atoms with Crippen molar-refractivity contribution >= 4 is 5.97 Å². The van der Waals surface area contributed by atoms with Gasteiger partial charge < -0.3 is 10.4 Å². The van der Waals surface area contributed by atoms with E-state index in [2.05, 4.69) is 17.5 Å². The first-order chi connectivity index (χ1) is 6.75. The number of hydrogen-bond donors (Lipinski definition) is 2. The van der Waals surface area contributed by atoms with E-state index < -0.39 is 5.97 Å². The van der Waals surface area contributed by atoms with Crippen molar-refractivity contribution in [2.75, 3.05) is 6.54 Å². The fourth-order valence-electron chi connectivity index (χ4n) is 1.88. The molecule has 80 valence electrons. The van der Waals surface area contributed by atoms with Gasteiger partial charge >= 0.3 is 5.97 Å². The Morgan fingerprint density at radius 1 is 1.64 bits per heavy atom. The van der Waals surface area contributed by atoms with E-state index in [0.29, 0.717) is 0 Å². The van der Waals surface area contributed by atoms with Gasteiger partial charge in [0.25, 0.3) is 0 Å². The van der Waals surface area contributed by atoms with Crippen molar-refractivity contribution in [3.8, 4) is 0 Å². The van der Waals surface area contributed by atoms with Crippen LogP contribution in [0.25, 0.3) is 0 Å². The van der Waals surface area contributed by atoms with E-state index in [0.717, 1.165) is 32.2 Å². The van der Waals surface area contributed by atoms with Crippen LogP contribution < -0.4 is 5.32 Å². The van der Waals surface area contributed by atoms with Gasteiger partial charge in [0.1, 0.15) is 6.04 Å². The molecule has 0 saturated carbocycles. The summed E-state index contributed by atoms with van der Waals surface area (Å²) in [5.41, 5.74) is 0. The second-order valence-corrected chi connectivity index (χ2v) is 3.81. The fourth-order valence-corrected chi connectivity index (χ4v) is 1.88. The van der Waals surface area contributed by atoms with Gasteiger partial charge in [0, 0.05) is 0 Å². The molecule has 3 nitrogen and oxygen atoms in total. The lowest BCUT2D eigenvalue weighted by molar-refractivity contribution is -0.141. The van der Waals surface area contributed by atoms with Crippen LogP contribution in [-0.4, -0.2) is 23.7 Å². The van der Waals surface area contributed by atoms with Crippen LogP contribution in [0.4, 0.5) is 0 Å². The quantitative estimate of drug-likeness (QED) is 0.661. The molecule has 14 heavy (non-hydrogen) atoms. The predicted molar refractivity (Wildman–Crippen MR) is 56.2 cm³/mol. The number of rotatable bonds is 5. The van der Waals surface area contributed by atoms with Gasteiger partial charge in [-0.1, -0.05) is 19.1 Å². The van der Waals surface area contributed by atoms with Crippen molar-refractivity contribution < 1.29 is 9.90 Å². The molecule has 0 heterocycles. The van der Waals surface area contributed by atoms with Crippen LogP contribution in [0.3, 0.4) is 0 Å². The lowest BCUT2D eigenvalue weighted by Crippen LogP contribution is -2.43. The van der Waals surface area contributed by atoms with E-state index in [4.69, 9.17) is 5.11 Å². The minimum absolute atomic E-state index is 0.268. The van der Waals surface area contributed by atoms with Crippen LogP contribution in [-0.2, 0) is 4.79 Å². The highest BCUT2D eigenvalue weighted by Crippen LogP contribution is 2.21. The molecule has 0 amide bonds. The monoisotopic (exact) mass is 197 g/mol. The molecule has 0 aromatic rings. The Labute approximate surface area is 85.2 Å². The summed E-state index contributed by atoms with van der Waals surface area (Å²) in [6, 6.07) is -0.361. The van der Waals surface area contributed by atoms with E-state index in [1.54, 1.807) is 0 Å². The summed E-state index contributed by atoms with van der Waals surface area (Å²) < 4.78 is 0. The first-order valence-electron chi connectivity index (χ1n) is 5.37. The minimum Gasteiger partial charge on any atom is -0.480 e. The highest BCUT2D eigenvalue weighted by molar-refractivity contribution is 5.73. The lowest BCUT2D eigenvalue weighted by Gasteiger charge is -2.25. The molecule has 2 atom stereocenters. The van der Waals surface area contributed by atoms with Crippen LogP contribution in [0.15, 0.2) is 12.2 Å². The lowest BCUT2D eigenvalue weighted by atomic mass is 9.87. The van der Waals surface area contributed by atoms with Crippen LogP contribution in [0, 0.1) is 5.92 Å². The highest BCUT2D eigenvalue weighted by Gasteiger charge is 2.26. The van der Waals surface area contributed by atoms with Crippen molar-refractivity contribution in [2.24, 2.45) is 5.92 Å². The first-order valence-corrected chi connectivity index (χ1v) is 5.37. The summed E-state index contributed by atoms with van der Waals surface area (Å²) in [4.78, 5) is 11.0. The standard InChI is InChI=1S/C11H19NO2/c1-2-8-12-10(11(13)14)9-6-4-3-5-7-9/h3-4,9-10,12H,2,5-8H2,1H3,(H,13,14). The molecule has 0 fully saturated rings.